The minimum Gasteiger partial charge on any atom is -0.376 e. The summed E-state index contributed by atoms with van der Waals surface area (Å²) in [6, 6.07) is 2.92. The number of aldehydes is 1. The molecule has 0 atom stereocenters. The molecule has 0 heterocycles. The molecule has 0 N–H and O–H groups in total. The van der Waals surface area contributed by atoms with E-state index in [2.05, 4.69) is 10.1 Å². The first-order valence-corrected chi connectivity index (χ1v) is 5.68. The highest BCUT2D eigenvalue weighted by molar-refractivity contribution is 7.88. The van der Waals surface area contributed by atoms with Crippen LogP contribution in [0.5, 0.6) is 5.75 Å². The van der Waals surface area contributed by atoms with Crippen LogP contribution >= 0.6 is 0 Å². The van der Waals surface area contributed by atoms with Gasteiger partial charge in [-0.05, 0) is 18.2 Å². The first-order valence-electron chi connectivity index (χ1n) is 4.27. The van der Waals surface area contributed by atoms with Crippen LogP contribution in [-0.2, 0) is 10.1 Å². The number of carbonyl (C=O) groups is 1. The predicted octanol–water partition coefficient (Wildman–Crippen LogP) is 1.71. The molecule has 0 spiro atoms. The summed E-state index contributed by atoms with van der Waals surface area (Å²) in [5.41, 5.74) is -5.63. The molecule has 1 aromatic rings. The summed E-state index contributed by atoms with van der Waals surface area (Å²) < 4.78 is 61.5. The van der Waals surface area contributed by atoms with Crippen molar-refractivity contribution < 1.29 is 30.6 Å². The van der Waals surface area contributed by atoms with E-state index in [9.17, 15) is 26.4 Å². The van der Waals surface area contributed by atoms with Crippen LogP contribution in [0.25, 0.3) is 0 Å². The molecule has 0 aromatic heterocycles. The second-order valence-corrected chi connectivity index (χ2v) is 4.57. The average molecular weight is 278 g/mol. The van der Waals surface area contributed by atoms with Crippen molar-refractivity contribution in [1.29, 1.82) is 0 Å². The second kappa shape index (κ2) is 4.70. The lowest BCUT2D eigenvalue weighted by Crippen LogP contribution is -2.28. The standard InChI is InChI=1S/C10H5F3O4S/c1-2-7-3-8(6-14)5-9(4-7)17-18(15,16)10(11,12)13/h1,3-6H. The quantitative estimate of drug-likeness (QED) is 0.365. The summed E-state index contributed by atoms with van der Waals surface area (Å²) in [7, 11) is -5.79. The molecule has 0 fully saturated rings. The summed E-state index contributed by atoms with van der Waals surface area (Å²) in [6.07, 6.45) is 5.30. The van der Waals surface area contributed by atoms with E-state index in [1.54, 1.807) is 0 Å². The molecular formula is C10H5F3O4S. The molecule has 96 valence electrons. The van der Waals surface area contributed by atoms with E-state index in [1.165, 1.54) is 6.07 Å². The van der Waals surface area contributed by atoms with E-state index in [0.717, 1.165) is 12.1 Å². The largest absolute Gasteiger partial charge is 0.534 e. The van der Waals surface area contributed by atoms with Gasteiger partial charge in [0, 0.05) is 11.1 Å². The zero-order valence-electron chi connectivity index (χ0n) is 8.56. The Hall–Kier alpha value is -2.01. The lowest BCUT2D eigenvalue weighted by Gasteiger charge is -2.09. The number of alkyl halides is 3. The molecule has 0 aliphatic rings. The van der Waals surface area contributed by atoms with Gasteiger partial charge in [-0.25, -0.2) is 0 Å². The number of hydrogen-bond acceptors (Lipinski definition) is 4. The molecule has 0 unspecified atom stereocenters. The van der Waals surface area contributed by atoms with Gasteiger partial charge in [-0.2, -0.15) is 21.6 Å². The van der Waals surface area contributed by atoms with Crippen LogP contribution < -0.4 is 4.18 Å². The van der Waals surface area contributed by atoms with Crippen LogP contribution in [0.2, 0.25) is 0 Å². The van der Waals surface area contributed by atoms with Gasteiger partial charge in [-0.1, -0.05) is 5.92 Å². The van der Waals surface area contributed by atoms with E-state index >= 15 is 0 Å². The van der Waals surface area contributed by atoms with E-state index in [0.29, 0.717) is 6.29 Å². The number of carbonyl (C=O) groups excluding carboxylic acids is 1. The summed E-state index contributed by atoms with van der Waals surface area (Å²) in [4.78, 5) is 10.5. The van der Waals surface area contributed by atoms with E-state index < -0.39 is 21.4 Å². The maximum absolute atomic E-state index is 12.1. The number of benzene rings is 1. The average Bonchev–Trinajstić information content (AvgIpc) is 2.26. The van der Waals surface area contributed by atoms with Crippen LogP contribution in [0, 0.1) is 12.3 Å². The Labute approximate surface area is 100 Å². The Morgan fingerprint density at radius 3 is 2.33 bits per heavy atom. The summed E-state index contributed by atoms with van der Waals surface area (Å²) >= 11 is 0. The number of terminal acetylenes is 1. The van der Waals surface area contributed by atoms with Crippen molar-refractivity contribution in [2.45, 2.75) is 5.51 Å². The zero-order valence-corrected chi connectivity index (χ0v) is 9.38. The first kappa shape index (κ1) is 14.1. The van der Waals surface area contributed by atoms with Gasteiger partial charge in [0.25, 0.3) is 0 Å². The fourth-order valence-corrected chi connectivity index (χ4v) is 1.44. The van der Waals surface area contributed by atoms with Gasteiger partial charge in [-0.3, -0.25) is 4.79 Å². The molecule has 0 aliphatic heterocycles. The van der Waals surface area contributed by atoms with Gasteiger partial charge < -0.3 is 4.18 Å². The van der Waals surface area contributed by atoms with Crippen molar-refractivity contribution >= 4 is 16.4 Å². The summed E-state index contributed by atoms with van der Waals surface area (Å²) in [5, 5.41) is 0. The van der Waals surface area contributed by atoms with Crippen LogP contribution in [0.4, 0.5) is 13.2 Å². The molecular weight excluding hydrogens is 273 g/mol. The highest BCUT2D eigenvalue weighted by Gasteiger charge is 2.48. The zero-order chi connectivity index (χ0) is 14.0. The molecule has 0 radical (unpaired) electrons. The third-order valence-corrected chi connectivity index (χ3v) is 2.70. The van der Waals surface area contributed by atoms with Gasteiger partial charge >= 0.3 is 15.6 Å². The van der Waals surface area contributed by atoms with Crippen molar-refractivity contribution in [3.8, 4) is 18.1 Å². The first-order chi connectivity index (χ1) is 8.19. The van der Waals surface area contributed by atoms with Gasteiger partial charge in [-0.15, -0.1) is 6.42 Å². The highest BCUT2D eigenvalue weighted by Crippen LogP contribution is 2.27. The van der Waals surface area contributed by atoms with Crippen LogP contribution in [0.15, 0.2) is 18.2 Å². The predicted molar refractivity (Wildman–Crippen MR) is 55.4 cm³/mol. The molecule has 1 aromatic carbocycles. The van der Waals surface area contributed by atoms with Crippen molar-refractivity contribution in [2.24, 2.45) is 0 Å². The molecule has 0 bridgehead atoms. The van der Waals surface area contributed by atoms with Crippen molar-refractivity contribution in [1.82, 2.24) is 0 Å². The summed E-state index contributed by atoms with van der Waals surface area (Å²) in [6.45, 7) is 0. The number of hydrogen-bond donors (Lipinski definition) is 0. The Kier molecular flexibility index (Phi) is 3.67. The van der Waals surface area contributed by atoms with E-state index in [4.69, 9.17) is 6.42 Å². The van der Waals surface area contributed by atoms with Gasteiger partial charge in [0.2, 0.25) is 0 Å². The van der Waals surface area contributed by atoms with Gasteiger partial charge in [0.1, 0.15) is 12.0 Å². The van der Waals surface area contributed by atoms with E-state index in [1.807, 2.05) is 0 Å². The fourth-order valence-electron chi connectivity index (χ4n) is 0.996. The third-order valence-electron chi connectivity index (χ3n) is 1.72. The van der Waals surface area contributed by atoms with Gasteiger partial charge in [0.15, 0.2) is 0 Å². The molecule has 8 heteroatoms. The molecule has 0 saturated carbocycles. The Morgan fingerprint density at radius 2 is 1.89 bits per heavy atom. The van der Waals surface area contributed by atoms with Gasteiger partial charge in [0.05, 0.1) is 0 Å². The summed E-state index contributed by atoms with van der Waals surface area (Å²) in [5.74, 6) is 1.38. The van der Waals surface area contributed by atoms with E-state index in [-0.39, 0.29) is 11.1 Å². The second-order valence-electron chi connectivity index (χ2n) is 3.04. The van der Waals surface area contributed by atoms with Crippen LogP contribution in [0.3, 0.4) is 0 Å². The Balaban J connectivity index is 3.21. The maximum Gasteiger partial charge on any atom is 0.534 e. The normalized spacial score (nSPS) is 11.7. The maximum atomic E-state index is 12.1. The minimum absolute atomic E-state index is 0.0203. The van der Waals surface area contributed by atoms with Crippen LogP contribution in [0.1, 0.15) is 15.9 Å². The lowest BCUT2D eigenvalue weighted by atomic mass is 10.1. The molecule has 0 amide bonds. The monoisotopic (exact) mass is 278 g/mol. The van der Waals surface area contributed by atoms with Crippen molar-refractivity contribution in [2.75, 3.05) is 0 Å². The molecule has 0 saturated heterocycles. The molecule has 18 heavy (non-hydrogen) atoms. The van der Waals surface area contributed by atoms with Crippen molar-refractivity contribution in [3.63, 3.8) is 0 Å². The highest BCUT2D eigenvalue weighted by atomic mass is 32.2. The molecule has 4 nitrogen and oxygen atoms in total. The number of halogens is 3. The van der Waals surface area contributed by atoms with Crippen molar-refractivity contribution in [3.05, 3.63) is 29.3 Å². The third kappa shape index (κ3) is 3.01. The van der Waals surface area contributed by atoms with Crippen LogP contribution in [-0.4, -0.2) is 20.2 Å². The lowest BCUT2D eigenvalue weighted by molar-refractivity contribution is -0.0500. The fraction of sp³-hybridized carbons (Fsp3) is 0.100. The Bertz CT molecular complexity index is 611. The number of rotatable bonds is 3. The molecule has 0 aliphatic carbocycles. The SMILES string of the molecule is C#Cc1cc(C=O)cc(OS(=O)(=O)C(F)(F)F)c1. The molecule has 1 rings (SSSR count). The minimum atomic E-state index is -5.79. The Morgan fingerprint density at radius 1 is 1.28 bits per heavy atom. The topological polar surface area (TPSA) is 60.4 Å². The smallest absolute Gasteiger partial charge is 0.376 e.